The van der Waals surface area contributed by atoms with Gasteiger partial charge in [0.05, 0.1) is 17.5 Å². The number of nitrogen functional groups attached to an aromatic ring is 1. The van der Waals surface area contributed by atoms with Crippen LogP contribution in [0.2, 0.25) is 0 Å². The first-order chi connectivity index (χ1) is 11.6. The predicted octanol–water partition coefficient (Wildman–Crippen LogP) is 3.55. The van der Waals surface area contributed by atoms with Crippen LogP contribution in [0.1, 0.15) is 44.1 Å². The maximum atomic E-state index is 13.8. The van der Waals surface area contributed by atoms with Crippen molar-refractivity contribution in [1.29, 1.82) is 0 Å². The Balaban J connectivity index is 1.51. The first-order valence-electron chi connectivity index (χ1n) is 9.16. The van der Waals surface area contributed by atoms with E-state index in [-0.39, 0.29) is 11.5 Å². The van der Waals surface area contributed by atoms with Gasteiger partial charge in [0.1, 0.15) is 5.82 Å². The molecule has 0 atom stereocenters. The highest BCUT2D eigenvalue weighted by Crippen LogP contribution is 2.29. The summed E-state index contributed by atoms with van der Waals surface area (Å²) in [6, 6.07) is 4.51. The summed E-state index contributed by atoms with van der Waals surface area (Å²) in [6.45, 7) is 4.11. The van der Waals surface area contributed by atoms with E-state index in [1.807, 2.05) is 20.1 Å². The maximum absolute atomic E-state index is 13.8. The van der Waals surface area contributed by atoms with Crippen molar-refractivity contribution in [3.8, 4) is 0 Å². The Morgan fingerprint density at radius 3 is 2.42 bits per heavy atom. The summed E-state index contributed by atoms with van der Waals surface area (Å²) in [7, 11) is 1.82. The smallest absolute Gasteiger partial charge is 0.148 e. The molecule has 0 spiro atoms. The van der Waals surface area contributed by atoms with Gasteiger partial charge in [-0.3, -0.25) is 0 Å². The zero-order valence-electron chi connectivity index (χ0n) is 14.9. The number of piperidine rings is 1. The molecule has 0 unspecified atom stereocenters. The number of nitrogens with zero attached hydrogens (tertiary/aromatic N) is 1. The number of hydrogen-bond acceptors (Lipinski definition) is 4. The second-order valence-electron chi connectivity index (χ2n) is 7.33. The zero-order valence-corrected chi connectivity index (χ0v) is 14.9. The monoisotopic (exact) mass is 335 g/mol. The first-order valence-corrected chi connectivity index (χ1v) is 9.16. The lowest BCUT2D eigenvalue weighted by Crippen LogP contribution is -2.46. The minimum absolute atomic E-state index is 0.237. The Morgan fingerprint density at radius 2 is 1.79 bits per heavy atom. The summed E-state index contributed by atoms with van der Waals surface area (Å²) in [6.07, 6.45) is 7.47. The van der Waals surface area contributed by atoms with Gasteiger partial charge in [0, 0.05) is 32.3 Å². The summed E-state index contributed by atoms with van der Waals surface area (Å²) in [5.41, 5.74) is 7.76. The van der Waals surface area contributed by atoms with Crippen LogP contribution < -0.4 is 11.1 Å². The van der Waals surface area contributed by atoms with Gasteiger partial charge in [0.15, 0.2) is 0 Å². The summed E-state index contributed by atoms with van der Waals surface area (Å²) >= 11 is 0. The molecule has 2 fully saturated rings. The average molecular weight is 335 g/mol. The first kappa shape index (κ1) is 17.5. The van der Waals surface area contributed by atoms with E-state index < -0.39 is 0 Å². The molecule has 5 heteroatoms. The molecule has 2 aliphatic rings. The van der Waals surface area contributed by atoms with E-state index in [1.165, 1.54) is 31.7 Å². The lowest BCUT2D eigenvalue weighted by Gasteiger charge is -2.41. The van der Waals surface area contributed by atoms with Gasteiger partial charge in [-0.1, -0.05) is 0 Å². The molecule has 1 aromatic carbocycles. The SMILES string of the molecule is CO[C@H]1CC[C@H](N2CCC(Nc3cc(C)cc(F)c3N)CC2)CC1. The van der Waals surface area contributed by atoms with Gasteiger partial charge in [-0.2, -0.15) is 0 Å². The quantitative estimate of drug-likeness (QED) is 0.826. The highest BCUT2D eigenvalue weighted by Gasteiger charge is 2.29. The van der Waals surface area contributed by atoms with E-state index in [0.717, 1.165) is 37.2 Å². The molecule has 134 valence electrons. The maximum Gasteiger partial charge on any atom is 0.148 e. The molecule has 3 N–H and O–H groups in total. The molecule has 0 amide bonds. The van der Waals surface area contributed by atoms with Gasteiger partial charge < -0.3 is 20.7 Å². The normalized spacial score (nSPS) is 26.5. The van der Waals surface area contributed by atoms with Crippen LogP contribution in [0.4, 0.5) is 15.8 Å². The Morgan fingerprint density at radius 1 is 1.12 bits per heavy atom. The summed E-state index contributed by atoms with van der Waals surface area (Å²) in [4.78, 5) is 2.63. The van der Waals surface area contributed by atoms with Crippen molar-refractivity contribution < 1.29 is 9.13 Å². The van der Waals surface area contributed by atoms with Crippen LogP contribution in [0.25, 0.3) is 0 Å². The average Bonchev–Trinajstić information content (AvgIpc) is 2.60. The standard InChI is InChI=1S/C19H30FN3O/c1-13-11-17(20)19(21)18(12-13)22-14-7-9-23(10-8-14)15-3-5-16(24-2)6-4-15/h11-12,14-16,22H,3-10,21H2,1-2H3/t15-,16-. The Kier molecular flexibility index (Phi) is 5.61. The highest BCUT2D eigenvalue weighted by atomic mass is 19.1. The molecule has 0 bridgehead atoms. The molecule has 1 saturated carbocycles. The lowest BCUT2D eigenvalue weighted by molar-refractivity contribution is 0.0329. The molecule has 1 aliphatic heterocycles. The summed E-state index contributed by atoms with van der Waals surface area (Å²) < 4.78 is 19.2. The van der Waals surface area contributed by atoms with Gasteiger partial charge in [0.25, 0.3) is 0 Å². The molecule has 3 rings (SSSR count). The molecule has 1 aliphatic carbocycles. The van der Waals surface area contributed by atoms with Crippen molar-refractivity contribution in [3.05, 3.63) is 23.5 Å². The van der Waals surface area contributed by atoms with Gasteiger partial charge >= 0.3 is 0 Å². The minimum atomic E-state index is -0.329. The summed E-state index contributed by atoms with van der Waals surface area (Å²) in [5.74, 6) is -0.329. The van der Waals surface area contributed by atoms with Crippen molar-refractivity contribution in [1.82, 2.24) is 4.90 Å². The fourth-order valence-electron chi connectivity index (χ4n) is 4.15. The van der Waals surface area contributed by atoms with Crippen molar-refractivity contribution in [2.45, 2.75) is 63.6 Å². The number of nitrogens with one attached hydrogen (secondary N) is 1. The fourth-order valence-corrected chi connectivity index (χ4v) is 4.15. The predicted molar refractivity (Wildman–Crippen MR) is 96.8 cm³/mol. The number of likely N-dealkylation sites (tertiary alicyclic amines) is 1. The number of hydrogen-bond donors (Lipinski definition) is 2. The number of anilines is 2. The minimum Gasteiger partial charge on any atom is -0.395 e. The molecule has 0 aromatic heterocycles. The largest absolute Gasteiger partial charge is 0.395 e. The molecule has 4 nitrogen and oxygen atoms in total. The van der Waals surface area contributed by atoms with Crippen LogP contribution in [0.5, 0.6) is 0 Å². The number of methoxy groups -OCH3 is 1. The molecule has 0 radical (unpaired) electrons. The fraction of sp³-hybridized carbons (Fsp3) is 0.684. The Hall–Kier alpha value is -1.33. The van der Waals surface area contributed by atoms with E-state index in [9.17, 15) is 4.39 Å². The Bertz CT molecular complexity index is 550. The second-order valence-corrected chi connectivity index (χ2v) is 7.33. The van der Waals surface area contributed by atoms with Crippen molar-refractivity contribution in [2.24, 2.45) is 0 Å². The van der Waals surface area contributed by atoms with Crippen LogP contribution in [-0.2, 0) is 4.74 Å². The van der Waals surface area contributed by atoms with E-state index in [2.05, 4.69) is 10.2 Å². The third-order valence-corrected chi connectivity index (χ3v) is 5.66. The number of rotatable bonds is 4. The number of nitrogens with two attached hydrogens (primary N) is 1. The van der Waals surface area contributed by atoms with Gasteiger partial charge in [0.2, 0.25) is 0 Å². The number of benzene rings is 1. The van der Waals surface area contributed by atoms with E-state index in [0.29, 0.717) is 18.2 Å². The van der Waals surface area contributed by atoms with Gasteiger partial charge in [-0.25, -0.2) is 4.39 Å². The van der Waals surface area contributed by atoms with Crippen LogP contribution in [0.3, 0.4) is 0 Å². The van der Waals surface area contributed by atoms with Crippen molar-refractivity contribution in [3.63, 3.8) is 0 Å². The molecule has 24 heavy (non-hydrogen) atoms. The molecule has 1 aromatic rings. The number of aryl methyl sites for hydroxylation is 1. The third-order valence-electron chi connectivity index (χ3n) is 5.66. The van der Waals surface area contributed by atoms with E-state index >= 15 is 0 Å². The van der Waals surface area contributed by atoms with Crippen molar-refractivity contribution >= 4 is 11.4 Å². The van der Waals surface area contributed by atoms with Crippen molar-refractivity contribution in [2.75, 3.05) is 31.2 Å². The topological polar surface area (TPSA) is 50.5 Å². The number of ether oxygens (including phenoxy) is 1. The zero-order chi connectivity index (χ0) is 17.1. The van der Waals surface area contributed by atoms with E-state index in [4.69, 9.17) is 10.5 Å². The number of halogens is 1. The van der Waals surface area contributed by atoms with Crippen LogP contribution in [0.15, 0.2) is 12.1 Å². The third kappa shape index (κ3) is 4.01. The summed E-state index contributed by atoms with van der Waals surface area (Å²) in [5, 5.41) is 3.46. The lowest BCUT2D eigenvalue weighted by atomic mass is 9.90. The molecular formula is C19H30FN3O. The van der Waals surface area contributed by atoms with Gasteiger partial charge in [-0.15, -0.1) is 0 Å². The second kappa shape index (κ2) is 7.70. The molecule has 1 heterocycles. The van der Waals surface area contributed by atoms with Gasteiger partial charge in [-0.05, 0) is 63.1 Å². The highest BCUT2D eigenvalue weighted by molar-refractivity contribution is 5.68. The Labute approximate surface area is 144 Å². The van der Waals surface area contributed by atoms with E-state index in [1.54, 1.807) is 0 Å². The van der Waals surface area contributed by atoms with Crippen LogP contribution in [0, 0.1) is 12.7 Å². The molecular weight excluding hydrogens is 305 g/mol. The van der Waals surface area contributed by atoms with Crippen LogP contribution >= 0.6 is 0 Å². The molecule has 1 saturated heterocycles. The van der Waals surface area contributed by atoms with Crippen LogP contribution in [-0.4, -0.2) is 43.3 Å².